The highest BCUT2D eigenvalue weighted by Gasteiger charge is 2.04. The van der Waals surface area contributed by atoms with Crippen molar-refractivity contribution in [1.82, 2.24) is 5.32 Å². The Hall–Kier alpha value is -1.02. The van der Waals surface area contributed by atoms with E-state index in [0.717, 1.165) is 25.4 Å². The zero-order chi connectivity index (χ0) is 12.0. The molecule has 0 radical (unpaired) electrons. The fourth-order valence-electron chi connectivity index (χ4n) is 1.54. The molecule has 2 heteroatoms. The number of aryl methyl sites for hydroxylation is 2. The van der Waals surface area contributed by atoms with Gasteiger partial charge in [-0.3, -0.25) is 0 Å². The third kappa shape index (κ3) is 4.23. The molecular formula is C14H23NO. The smallest absolute Gasteiger partial charge is 0.122 e. The summed E-state index contributed by atoms with van der Waals surface area (Å²) in [5.74, 6) is 1.56. The third-order valence-corrected chi connectivity index (χ3v) is 2.61. The molecule has 1 N–H and O–H groups in total. The Morgan fingerprint density at radius 3 is 2.75 bits per heavy atom. The van der Waals surface area contributed by atoms with E-state index in [9.17, 15) is 0 Å². The lowest BCUT2D eigenvalue weighted by Gasteiger charge is -2.15. The van der Waals surface area contributed by atoms with Crippen LogP contribution in [-0.2, 0) is 0 Å². The van der Waals surface area contributed by atoms with Crippen molar-refractivity contribution in [3.8, 4) is 5.75 Å². The zero-order valence-corrected chi connectivity index (χ0v) is 10.8. The molecule has 2 nitrogen and oxygen atoms in total. The monoisotopic (exact) mass is 221 g/mol. The standard InChI is InChI=1S/C14H23NO/c1-5-15-9-12(3)10-16-14-8-11(2)6-7-13(14)4/h6-8,12,15H,5,9-10H2,1-4H3. The Morgan fingerprint density at radius 1 is 1.31 bits per heavy atom. The highest BCUT2D eigenvalue weighted by molar-refractivity contribution is 5.35. The molecule has 0 spiro atoms. The average molecular weight is 221 g/mol. The van der Waals surface area contributed by atoms with E-state index in [4.69, 9.17) is 4.74 Å². The number of rotatable bonds is 6. The number of benzene rings is 1. The van der Waals surface area contributed by atoms with E-state index < -0.39 is 0 Å². The molecule has 1 atom stereocenters. The molecule has 0 bridgehead atoms. The van der Waals surface area contributed by atoms with Gasteiger partial charge in [-0.05, 0) is 37.6 Å². The lowest BCUT2D eigenvalue weighted by molar-refractivity contribution is 0.255. The van der Waals surface area contributed by atoms with Crippen LogP contribution in [0.4, 0.5) is 0 Å². The first-order valence-electron chi connectivity index (χ1n) is 6.04. The molecule has 0 heterocycles. The predicted octanol–water partition coefficient (Wildman–Crippen LogP) is 2.93. The first kappa shape index (κ1) is 13.0. The largest absolute Gasteiger partial charge is 0.493 e. The molecule has 0 aromatic heterocycles. The van der Waals surface area contributed by atoms with Crippen LogP contribution in [0.25, 0.3) is 0 Å². The quantitative estimate of drug-likeness (QED) is 0.797. The van der Waals surface area contributed by atoms with E-state index in [2.05, 4.69) is 51.2 Å². The summed E-state index contributed by atoms with van der Waals surface area (Å²) >= 11 is 0. The number of hydrogen-bond donors (Lipinski definition) is 1. The molecule has 16 heavy (non-hydrogen) atoms. The molecule has 1 aromatic rings. The Bertz CT molecular complexity index is 323. The molecule has 0 fully saturated rings. The second-order valence-electron chi connectivity index (χ2n) is 4.49. The molecule has 90 valence electrons. The van der Waals surface area contributed by atoms with Crippen LogP contribution < -0.4 is 10.1 Å². The predicted molar refractivity (Wildman–Crippen MR) is 69.1 cm³/mol. The van der Waals surface area contributed by atoms with Crippen LogP contribution in [0, 0.1) is 19.8 Å². The van der Waals surface area contributed by atoms with Gasteiger partial charge in [0, 0.05) is 12.5 Å². The summed E-state index contributed by atoms with van der Waals surface area (Å²) in [6.07, 6.45) is 0. The van der Waals surface area contributed by atoms with Crippen molar-refractivity contribution in [3.63, 3.8) is 0 Å². The van der Waals surface area contributed by atoms with Crippen LogP contribution in [0.1, 0.15) is 25.0 Å². The van der Waals surface area contributed by atoms with Gasteiger partial charge in [0.05, 0.1) is 6.61 Å². The van der Waals surface area contributed by atoms with Gasteiger partial charge in [0.2, 0.25) is 0 Å². The van der Waals surface area contributed by atoms with Crippen molar-refractivity contribution < 1.29 is 4.74 Å². The number of nitrogens with one attached hydrogen (secondary N) is 1. The minimum absolute atomic E-state index is 0.542. The summed E-state index contributed by atoms with van der Waals surface area (Å²) in [5.41, 5.74) is 2.46. The summed E-state index contributed by atoms with van der Waals surface area (Å²) in [6, 6.07) is 6.33. The molecule has 1 unspecified atom stereocenters. The number of ether oxygens (including phenoxy) is 1. The van der Waals surface area contributed by atoms with Crippen LogP contribution >= 0.6 is 0 Å². The Balaban J connectivity index is 2.44. The summed E-state index contributed by atoms with van der Waals surface area (Å²) < 4.78 is 5.84. The minimum Gasteiger partial charge on any atom is -0.493 e. The molecule has 0 aliphatic rings. The van der Waals surface area contributed by atoms with E-state index in [1.165, 1.54) is 11.1 Å². The Labute approximate surface area is 99.0 Å². The van der Waals surface area contributed by atoms with Gasteiger partial charge < -0.3 is 10.1 Å². The van der Waals surface area contributed by atoms with Gasteiger partial charge in [-0.2, -0.15) is 0 Å². The summed E-state index contributed by atoms with van der Waals surface area (Å²) in [7, 11) is 0. The molecule has 0 aliphatic heterocycles. The summed E-state index contributed by atoms with van der Waals surface area (Å²) in [5, 5.41) is 3.33. The van der Waals surface area contributed by atoms with Crippen molar-refractivity contribution in [2.75, 3.05) is 19.7 Å². The van der Waals surface area contributed by atoms with E-state index in [-0.39, 0.29) is 0 Å². The normalized spacial score (nSPS) is 12.5. The first-order valence-corrected chi connectivity index (χ1v) is 6.04. The van der Waals surface area contributed by atoms with Gasteiger partial charge in [0.1, 0.15) is 5.75 Å². The SMILES string of the molecule is CCNCC(C)COc1cc(C)ccc1C. The maximum atomic E-state index is 5.84. The lowest BCUT2D eigenvalue weighted by atomic mass is 10.1. The topological polar surface area (TPSA) is 21.3 Å². The van der Waals surface area contributed by atoms with Crippen LogP contribution in [0.15, 0.2) is 18.2 Å². The maximum Gasteiger partial charge on any atom is 0.122 e. The second-order valence-corrected chi connectivity index (χ2v) is 4.49. The zero-order valence-electron chi connectivity index (χ0n) is 10.8. The summed E-state index contributed by atoms with van der Waals surface area (Å²) in [6.45, 7) is 11.3. The average Bonchev–Trinajstić information content (AvgIpc) is 2.27. The third-order valence-electron chi connectivity index (χ3n) is 2.61. The Kier molecular flexibility index (Phi) is 5.33. The van der Waals surface area contributed by atoms with Crippen molar-refractivity contribution >= 4 is 0 Å². The van der Waals surface area contributed by atoms with Crippen molar-refractivity contribution in [2.24, 2.45) is 5.92 Å². The van der Waals surface area contributed by atoms with E-state index in [1.54, 1.807) is 0 Å². The minimum atomic E-state index is 0.542. The Morgan fingerprint density at radius 2 is 2.06 bits per heavy atom. The summed E-state index contributed by atoms with van der Waals surface area (Å²) in [4.78, 5) is 0. The second kappa shape index (κ2) is 6.54. The molecule has 1 rings (SSSR count). The number of hydrogen-bond acceptors (Lipinski definition) is 2. The molecule has 1 aromatic carbocycles. The lowest BCUT2D eigenvalue weighted by Crippen LogP contribution is -2.24. The fourth-order valence-corrected chi connectivity index (χ4v) is 1.54. The van der Waals surface area contributed by atoms with Gasteiger partial charge in [-0.25, -0.2) is 0 Å². The van der Waals surface area contributed by atoms with Crippen LogP contribution in [0.5, 0.6) is 5.75 Å². The van der Waals surface area contributed by atoms with E-state index in [1.807, 2.05) is 0 Å². The van der Waals surface area contributed by atoms with Crippen LogP contribution in [-0.4, -0.2) is 19.7 Å². The van der Waals surface area contributed by atoms with Gasteiger partial charge in [0.15, 0.2) is 0 Å². The van der Waals surface area contributed by atoms with Gasteiger partial charge in [-0.1, -0.05) is 26.0 Å². The fraction of sp³-hybridized carbons (Fsp3) is 0.571. The molecule has 0 saturated heterocycles. The van der Waals surface area contributed by atoms with Crippen molar-refractivity contribution in [2.45, 2.75) is 27.7 Å². The molecule has 0 amide bonds. The molecule has 0 aliphatic carbocycles. The van der Waals surface area contributed by atoms with E-state index >= 15 is 0 Å². The molecular weight excluding hydrogens is 198 g/mol. The van der Waals surface area contributed by atoms with E-state index in [0.29, 0.717) is 5.92 Å². The van der Waals surface area contributed by atoms with Crippen molar-refractivity contribution in [1.29, 1.82) is 0 Å². The maximum absolute atomic E-state index is 5.84. The highest BCUT2D eigenvalue weighted by atomic mass is 16.5. The van der Waals surface area contributed by atoms with Gasteiger partial charge in [-0.15, -0.1) is 0 Å². The van der Waals surface area contributed by atoms with Gasteiger partial charge in [0.25, 0.3) is 0 Å². The van der Waals surface area contributed by atoms with Crippen LogP contribution in [0.2, 0.25) is 0 Å². The van der Waals surface area contributed by atoms with Crippen LogP contribution in [0.3, 0.4) is 0 Å². The first-order chi connectivity index (χ1) is 7.63. The van der Waals surface area contributed by atoms with Crippen molar-refractivity contribution in [3.05, 3.63) is 29.3 Å². The van der Waals surface area contributed by atoms with Gasteiger partial charge >= 0.3 is 0 Å². The highest BCUT2D eigenvalue weighted by Crippen LogP contribution is 2.19. The molecule has 0 saturated carbocycles.